The van der Waals surface area contributed by atoms with Gasteiger partial charge in [0.1, 0.15) is 35.3 Å². The number of imidazole rings is 1. The van der Waals surface area contributed by atoms with E-state index in [1.807, 2.05) is 19.9 Å². The molecule has 35 heavy (non-hydrogen) atoms. The number of nitrogens with one attached hydrogen (secondary N) is 1. The smallest absolute Gasteiger partial charge is 0.433 e. The van der Waals surface area contributed by atoms with Gasteiger partial charge in [-0.15, -0.1) is 0 Å². The Balaban J connectivity index is 1.48. The number of benzene rings is 1. The van der Waals surface area contributed by atoms with Gasteiger partial charge in [0.15, 0.2) is 0 Å². The van der Waals surface area contributed by atoms with Crippen molar-refractivity contribution in [1.82, 2.24) is 15.0 Å². The van der Waals surface area contributed by atoms with Gasteiger partial charge in [-0.1, -0.05) is 13.0 Å². The predicted molar refractivity (Wildman–Crippen MR) is 124 cm³/mol. The minimum Gasteiger partial charge on any atom is -0.496 e. The van der Waals surface area contributed by atoms with Gasteiger partial charge in [0.2, 0.25) is 0 Å². The Morgan fingerprint density at radius 1 is 1.09 bits per heavy atom. The highest BCUT2D eigenvalue weighted by Crippen LogP contribution is 2.42. The molecular formula is C26H29F4N3O2. The molecule has 1 fully saturated rings. The summed E-state index contributed by atoms with van der Waals surface area (Å²) in [5, 5.41) is 0. The fraction of sp³-hybridized carbons (Fsp3) is 0.462. The standard InChI is InChI=1S/C26H29F4N3O2/c1-4-25(27)9-7-18(8-10-25)24-32-14-20(33-24)19-11-16(2)21(12-22(19)34-3)35-15-17-5-6-23(31-13-17)26(28,29)30/h5-6,11-14,18H,4,7-10,15H2,1-3H3,(H,32,33). The Kier molecular flexibility index (Phi) is 7.05. The molecule has 0 aliphatic heterocycles. The summed E-state index contributed by atoms with van der Waals surface area (Å²) in [7, 11) is 1.56. The number of alkyl halides is 4. The first kappa shape index (κ1) is 25.0. The Hall–Kier alpha value is -3.10. The maximum Gasteiger partial charge on any atom is 0.433 e. The summed E-state index contributed by atoms with van der Waals surface area (Å²) in [4.78, 5) is 11.4. The van der Waals surface area contributed by atoms with Crippen molar-refractivity contribution in [2.24, 2.45) is 0 Å². The summed E-state index contributed by atoms with van der Waals surface area (Å²) in [6, 6.07) is 5.96. The molecule has 4 rings (SSSR count). The lowest BCUT2D eigenvalue weighted by Crippen LogP contribution is -2.28. The Morgan fingerprint density at radius 3 is 2.43 bits per heavy atom. The van der Waals surface area contributed by atoms with Gasteiger partial charge in [-0.2, -0.15) is 13.2 Å². The van der Waals surface area contributed by atoms with E-state index < -0.39 is 17.5 Å². The number of halogens is 4. The maximum absolute atomic E-state index is 14.6. The van der Waals surface area contributed by atoms with Crippen LogP contribution >= 0.6 is 0 Å². The third-order valence-corrected chi connectivity index (χ3v) is 6.79. The summed E-state index contributed by atoms with van der Waals surface area (Å²) in [5.74, 6) is 2.18. The van der Waals surface area contributed by atoms with Crippen molar-refractivity contribution in [3.63, 3.8) is 0 Å². The summed E-state index contributed by atoms with van der Waals surface area (Å²) in [6.07, 6.45) is 1.62. The lowest BCUT2D eigenvalue weighted by molar-refractivity contribution is -0.141. The van der Waals surface area contributed by atoms with Gasteiger partial charge in [0, 0.05) is 29.3 Å². The van der Waals surface area contributed by atoms with Crippen LogP contribution in [0.25, 0.3) is 11.3 Å². The topological polar surface area (TPSA) is 60.0 Å². The number of hydrogen-bond acceptors (Lipinski definition) is 4. The molecule has 9 heteroatoms. The highest BCUT2D eigenvalue weighted by molar-refractivity contribution is 5.70. The number of hydrogen-bond donors (Lipinski definition) is 1. The molecule has 0 bridgehead atoms. The molecule has 0 radical (unpaired) electrons. The highest BCUT2D eigenvalue weighted by atomic mass is 19.4. The van der Waals surface area contributed by atoms with E-state index in [0.717, 1.165) is 47.8 Å². The number of pyridine rings is 1. The van der Waals surface area contributed by atoms with Crippen LogP contribution in [-0.4, -0.2) is 27.7 Å². The largest absolute Gasteiger partial charge is 0.496 e. The maximum atomic E-state index is 14.6. The van der Waals surface area contributed by atoms with E-state index in [-0.39, 0.29) is 12.5 Å². The van der Waals surface area contributed by atoms with Crippen molar-refractivity contribution < 1.29 is 27.0 Å². The van der Waals surface area contributed by atoms with Gasteiger partial charge < -0.3 is 14.5 Å². The van der Waals surface area contributed by atoms with Crippen LogP contribution in [-0.2, 0) is 12.8 Å². The van der Waals surface area contributed by atoms with Gasteiger partial charge in [-0.3, -0.25) is 4.98 Å². The number of H-pyrrole nitrogens is 1. The third kappa shape index (κ3) is 5.60. The molecule has 2 heterocycles. The zero-order chi connectivity index (χ0) is 25.2. The van der Waals surface area contributed by atoms with Crippen molar-refractivity contribution in [2.75, 3.05) is 7.11 Å². The van der Waals surface area contributed by atoms with E-state index >= 15 is 0 Å². The monoisotopic (exact) mass is 491 g/mol. The van der Waals surface area contributed by atoms with E-state index in [4.69, 9.17) is 9.47 Å². The van der Waals surface area contributed by atoms with Crippen molar-refractivity contribution in [1.29, 1.82) is 0 Å². The Morgan fingerprint density at radius 2 is 1.83 bits per heavy atom. The number of aromatic amines is 1. The quantitative estimate of drug-likeness (QED) is 0.356. The van der Waals surface area contributed by atoms with Gasteiger partial charge >= 0.3 is 6.18 Å². The van der Waals surface area contributed by atoms with E-state index in [1.54, 1.807) is 19.4 Å². The second kappa shape index (κ2) is 9.87. The minimum absolute atomic E-state index is 0.0676. The fourth-order valence-electron chi connectivity index (χ4n) is 4.49. The summed E-state index contributed by atoms with van der Waals surface area (Å²) < 4.78 is 64.1. The molecule has 1 aliphatic carbocycles. The first-order valence-electron chi connectivity index (χ1n) is 11.7. The molecule has 2 aromatic heterocycles. The van der Waals surface area contributed by atoms with Gasteiger partial charge in [0.25, 0.3) is 0 Å². The van der Waals surface area contributed by atoms with Crippen LogP contribution in [0.15, 0.2) is 36.7 Å². The zero-order valence-corrected chi connectivity index (χ0v) is 20.0. The number of methoxy groups -OCH3 is 1. The van der Waals surface area contributed by atoms with Crippen molar-refractivity contribution in [3.05, 3.63) is 59.3 Å². The van der Waals surface area contributed by atoms with Gasteiger partial charge in [-0.05, 0) is 56.7 Å². The van der Waals surface area contributed by atoms with Crippen LogP contribution in [0, 0.1) is 6.92 Å². The molecule has 1 aromatic carbocycles. The first-order chi connectivity index (χ1) is 16.6. The first-order valence-corrected chi connectivity index (χ1v) is 11.7. The Labute approximate surface area is 201 Å². The highest BCUT2D eigenvalue weighted by Gasteiger charge is 2.35. The molecule has 5 nitrogen and oxygen atoms in total. The summed E-state index contributed by atoms with van der Waals surface area (Å²) in [5.41, 5.74) is 0.970. The van der Waals surface area contributed by atoms with Crippen LogP contribution in [0.5, 0.6) is 11.5 Å². The molecule has 188 valence electrons. The van der Waals surface area contributed by atoms with Crippen molar-refractivity contribution >= 4 is 0 Å². The van der Waals surface area contributed by atoms with E-state index in [2.05, 4.69) is 15.0 Å². The number of aryl methyl sites for hydroxylation is 1. The lowest BCUT2D eigenvalue weighted by Gasteiger charge is -2.32. The van der Waals surface area contributed by atoms with E-state index in [9.17, 15) is 17.6 Å². The lowest BCUT2D eigenvalue weighted by atomic mass is 9.78. The van der Waals surface area contributed by atoms with Crippen LogP contribution in [0.4, 0.5) is 17.6 Å². The van der Waals surface area contributed by atoms with Crippen LogP contribution in [0.2, 0.25) is 0 Å². The molecule has 0 spiro atoms. The molecule has 0 amide bonds. The van der Waals surface area contributed by atoms with Crippen LogP contribution in [0.1, 0.15) is 67.6 Å². The van der Waals surface area contributed by atoms with Crippen LogP contribution in [0.3, 0.4) is 0 Å². The molecular weight excluding hydrogens is 462 g/mol. The normalized spacial score (nSPS) is 20.6. The Bertz CT molecular complexity index is 1150. The van der Waals surface area contributed by atoms with E-state index in [1.165, 1.54) is 6.07 Å². The second-order valence-electron chi connectivity index (χ2n) is 9.12. The van der Waals surface area contributed by atoms with Gasteiger partial charge in [0.05, 0.1) is 19.0 Å². The number of nitrogens with zero attached hydrogens (tertiary/aromatic N) is 2. The molecule has 1 N–H and O–H groups in total. The average Bonchev–Trinajstić information content (AvgIpc) is 3.33. The fourth-order valence-corrected chi connectivity index (χ4v) is 4.49. The molecule has 3 aromatic rings. The number of ether oxygens (including phenoxy) is 2. The molecule has 1 aliphatic rings. The second-order valence-corrected chi connectivity index (χ2v) is 9.12. The SMILES string of the molecule is CCC1(F)CCC(c2ncc(-c3cc(C)c(OCc4ccc(C(F)(F)F)nc4)cc3OC)[nH]2)CC1. The average molecular weight is 492 g/mol. The number of rotatable bonds is 7. The van der Waals surface area contributed by atoms with Crippen molar-refractivity contribution in [3.8, 4) is 22.8 Å². The molecule has 0 saturated heterocycles. The molecule has 1 saturated carbocycles. The third-order valence-electron chi connectivity index (χ3n) is 6.79. The van der Waals surface area contributed by atoms with Gasteiger partial charge in [-0.25, -0.2) is 9.37 Å². The van der Waals surface area contributed by atoms with E-state index in [0.29, 0.717) is 36.3 Å². The zero-order valence-electron chi connectivity index (χ0n) is 20.0. The molecule has 0 unspecified atom stereocenters. The predicted octanol–water partition coefficient (Wildman–Crippen LogP) is 7.16. The number of aromatic nitrogens is 3. The van der Waals surface area contributed by atoms with Crippen molar-refractivity contribution in [2.45, 2.75) is 70.3 Å². The summed E-state index contributed by atoms with van der Waals surface area (Å²) >= 11 is 0. The summed E-state index contributed by atoms with van der Waals surface area (Å²) in [6.45, 7) is 3.85. The minimum atomic E-state index is -4.48. The van der Waals surface area contributed by atoms with Crippen LogP contribution < -0.4 is 9.47 Å². The molecule has 0 atom stereocenters.